The van der Waals surface area contributed by atoms with E-state index in [4.69, 9.17) is 0 Å². The predicted molar refractivity (Wildman–Crippen MR) is 71.6 cm³/mol. The molecule has 104 valence electrons. The molecule has 2 atom stereocenters. The molecule has 0 radical (unpaired) electrons. The zero-order chi connectivity index (χ0) is 13.2. The van der Waals surface area contributed by atoms with Crippen molar-refractivity contribution in [1.82, 2.24) is 10.2 Å². The van der Waals surface area contributed by atoms with Gasteiger partial charge in [-0.2, -0.15) is 0 Å². The Kier molecular flexibility index (Phi) is 4.28. The second-order valence-corrected chi connectivity index (χ2v) is 6.31. The lowest BCUT2D eigenvalue weighted by Crippen LogP contribution is -2.56. The van der Waals surface area contributed by atoms with Crippen molar-refractivity contribution in [3.63, 3.8) is 0 Å². The van der Waals surface area contributed by atoms with Gasteiger partial charge >= 0.3 is 5.97 Å². The van der Waals surface area contributed by atoms with Gasteiger partial charge in [0.05, 0.1) is 0 Å². The maximum Gasteiger partial charge on any atom is 0.323 e. The highest BCUT2D eigenvalue weighted by atomic mass is 16.4. The fourth-order valence-corrected chi connectivity index (χ4v) is 3.24. The Labute approximate surface area is 110 Å². The Morgan fingerprint density at radius 2 is 2.06 bits per heavy atom. The van der Waals surface area contributed by atoms with E-state index in [1.807, 2.05) is 14.1 Å². The van der Waals surface area contributed by atoms with Crippen LogP contribution in [-0.4, -0.2) is 48.7 Å². The Hall–Kier alpha value is -0.610. The highest BCUT2D eigenvalue weighted by Crippen LogP contribution is 2.46. The average molecular weight is 254 g/mol. The smallest absolute Gasteiger partial charge is 0.323 e. The summed E-state index contributed by atoms with van der Waals surface area (Å²) >= 11 is 0. The van der Waals surface area contributed by atoms with Crippen LogP contribution in [0.4, 0.5) is 0 Å². The van der Waals surface area contributed by atoms with Gasteiger partial charge in [0.2, 0.25) is 0 Å². The van der Waals surface area contributed by atoms with Crippen molar-refractivity contribution in [3.8, 4) is 0 Å². The van der Waals surface area contributed by atoms with Gasteiger partial charge in [0, 0.05) is 13.1 Å². The van der Waals surface area contributed by atoms with E-state index >= 15 is 0 Å². The SMILES string of the molecule is CN(C)CCNC1(C(=O)O)CCCC(C2CC2)C1. The van der Waals surface area contributed by atoms with Crippen molar-refractivity contribution in [1.29, 1.82) is 0 Å². The fraction of sp³-hybridized carbons (Fsp3) is 0.929. The molecule has 18 heavy (non-hydrogen) atoms. The quantitative estimate of drug-likeness (QED) is 0.755. The molecule has 0 bridgehead atoms. The molecule has 0 aromatic carbocycles. The zero-order valence-corrected chi connectivity index (χ0v) is 11.6. The number of hydrogen-bond acceptors (Lipinski definition) is 3. The van der Waals surface area contributed by atoms with Gasteiger partial charge in [-0.15, -0.1) is 0 Å². The number of hydrogen-bond donors (Lipinski definition) is 2. The van der Waals surface area contributed by atoms with Crippen LogP contribution < -0.4 is 5.32 Å². The standard InChI is InChI=1S/C14H26N2O2/c1-16(2)9-8-15-14(13(17)18)7-3-4-12(10-14)11-5-6-11/h11-12,15H,3-10H2,1-2H3,(H,17,18). The van der Waals surface area contributed by atoms with Crippen LogP contribution in [0.5, 0.6) is 0 Å². The average Bonchev–Trinajstić information content (AvgIpc) is 3.12. The maximum absolute atomic E-state index is 11.7. The first kappa shape index (κ1) is 13.8. The molecular formula is C14H26N2O2. The zero-order valence-electron chi connectivity index (χ0n) is 11.6. The summed E-state index contributed by atoms with van der Waals surface area (Å²) in [6, 6.07) is 0. The van der Waals surface area contributed by atoms with Gasteiger partial charge in [0.1, 0.15) is 5.54 Å². The Bertz CT molecular complexity index is 302. The Balaban J connectivity index is 1.94. The van der Waals surface area contributed by atoms with E-state index in [-0.39, 0.29) is 0 Å². The molecular weight excluding hydrogens is 228 g/mol. The summed E-state index contributed by atoms with van der Waals surface area (Å²) in [5, 5.41) is 12.9. The second kappa shape index (κ2) is 5.57. The molecule has 0 aliphatic heterocycles. The Morgan fingerprint density at radius 1 is 1.33 bits per heavy atom. The van der Waals surface area contributed by atoms with E-state index in [9.17, 15) is 9.90 Å². The molecule has 0 amide bonds. The molecule has 2 fully saturated rings. The number of carboxylic acid groups (broad SMARTS) is 1. The molecule has 2 unspecified atom stereocenters. The third-order valence-corrected chi connectivity index (χ3v) is 4.51. The summed E-state index contributed by atoms with van der Waals surface area (Å²) in [4.78, 5) is 13.8. The van der Waals surface area contributed by atoms with Crippen LogP contribution in [0.3, 0.4) is 0 Å². The lowest BCUT2D eigenvalue weighted by molar-refractivity contribution is -0.147. The van der Waals surface area contributed by atoms with Gasteiger partial charge in [0.25, 0.3) is 0 Å². The van der Waals surface area contributed by atoms with Gasteiger partial charge in [-0.3, -0.25) is 4.79 Å². The number of nitrogens with zero attached hydrogens (tertiary/aromatic N) is 1. The van der Waals surface area contributed by atoms with E-state index in [1.165, 1.54) is 19.3 Å². The molecule has 2 saturated carbocycles. The number of rotatable bonds is 6. The number of carboxylic acids is 1. The molecule has 2 aliphatic carbocycles. The second-order valence-electron chi connectivity index (χ2n) is 6.31. The Morgan fingerprint density at radius 3 is 2.61 bits per heavy atom. The van der Waals surface area contributed by atoms with E-state index < -0.39 is 11.5 Å². The molecule has 0 heterocycles. The number of carbonyl (C=O) groups is 1. The van der Waals surface area contributed by atoms with E-state index in [0.717, 1.165) is 38.3 Å². The summed E-state index contributed by atoms with van der Waals surface area (Å²) in [5.74, 6) is 0.813. The third kappa shape index (κ3) is 3.23. The highest BCUT2D eigenvalue weighted by Gasteiger charge is 2.46. The summed E-state index contributed by atoms with van der Waals surface area (Å²) in [5.41, 5.74) is -0.651. The molecule has 2 rings (SSSR count). The van der Waals surface area contributed by atoms with Gasteiger partial charge in [-0.1, -0.05) is 12.8 Å². The summed E-state index contributed by atoms with van der Waals surface area (Å²) in [6.45, 7) is 1.65. The van der Waals surface area contributed by atoms with Gasteiger partial charge in [-0.25, -0.2) is 0 Å². The number of nitrogens with one attached hydrogen (secondary N) is 1. The lowest BCUT2D eigenvalue weighted by Gasteiger charge is -2.39. The van der Waals surface area contributed by atoms with Crippen molar-refractivity contribution in [2.75, 3.05) is 27.2 Å². The van der Waals surface area contributed by atoms with Crippen LogP contribution >= 0.6 is 0 Å². The van der Waals surface area contributed by atoms with Crippen LogP contribution in [-0.2, 0) is 4.79 Å². The van der Waals surface area contributed by atoms with Crippen LogP contribution in [0.1, 0.15) is 38.5 Å². The minimum absolute atomic E-state index is 0.640. The molecule has 0 saturated heterocycles. The monoisotopic (exact) mass is 254 g/mol. The molecule has 0 spiro atoms. The topological polar surface area (TPSA) is 52.6 Å². The van der Waals surface area contributed by atoms with Crippen LogP contribution in [0.25, 0.3) is 0 Å². The molecule has 0 aromatic heterocycles. The summed E-state index contributed by atoms with van der Waals surface area (Å²) < 4.78 is 0. The largest absolute Gasteiger partial charge is 0.480 e. The fourth-order valence-electron chi connectivity index (χ4n) is 3.24. The van der Waals surface area contributed by atoms with Crippen molar-refractivity contribution in [2.24, 2.45) is 11.8 Å². The van der Waals surface area contributed by atoms with Gasteiger partial charge in [0.15, 0.2) is 0 Å². The number of aliphatic carboxylic acids is 1. The van der Waals surface area contributed by atoms with Crippen LogP contribution in [0.15, 0.2) is 0 Å². The number of likely N-dealkylation sites (N-methyl/N-ethyl adjacent to an activating group) is 1. The van der Waals surface area contributed by atoms with Gasteiger partial charge < -0.3 is 15.3 Å². The molecule has 0 aromatic rings. The predicted octanol–water partition coefficient (Wildman–Crippen LogP) is 1.56. The minimum Gasteiger partial charge on any atom is -0.480 e. The van der Waals surface area contributed by atoms with E-state index in [0.29, 0.717) is 5.92 Å². The normalized spacial score (nSPS) is 32.7. The third-order valence-electron chi connectivity index (χ3n) is 4.51. The highest BCUT2D eigenvalue weighted by molar-refractivity contribution is 5.79. The van der Waals surface area contributed by atoms with Crippen molar-refractivity contribution >= 4 is 5.97 Å². The molecule has 4 heteroatoms. The first-order valence-corrected chi connectivity index (χ1v) is 7.17. The van der Waals surface area contributed by atoms with E-state index in [2.05, 4.69) is 10.2 Å². The maximum atomic E-state index is 11.7. The van der Waals surface area contributed by atoms with Crippen molar-refractivity contribution in [2.45, 2.75) is 44.1 Å². The van der Waals surface area contributed by atoms with Crippen LogP contribution in [0, 0.1) is 11.8 Å². The summed E-state index contributed by atoms with van der Waals surface area (Å²) in [7, 11) is 4.03. The van der Waals surface area contributed by atoms with Gasteiger partial charge in [-0.05, 0) is 51.6 Å². The first-order chi connectivity index (χ1) is 8.53. The minimum atomic E-state index is -0.651. The molecule has 4 nitrogen and oxygen atoms in total. The molecule has 2 N–H and O–H groups in total. The summed E-state index contributed by atoms with van der Waals surface area (Å²) in [6.07, 6.45) is 6.55. The lowest BCUT2D eigenvalue weighted by atomic mass is 9.73. The molecule has 2 aliphatic rings. The van der Waals surface area contributed by atoms with Crippen LogP contribution in [0.2, 0.25) is 0 Å². The van der Waals surface area contributed by atoms with Crippen molar-refractivity contribution in [3.05, 3.63) is 0 Å². The first-order valence-electron chi connectivity index (χ1n) is 7.17. The van der Waals surface area contributed by atoms with Crippen molar-refractivity contribution < 1.29 is 9.90 Å². The van der Waals surface area contributed by atoms with E-state index in [1.54, 1.807) is 0 Å².